The molecule has 6 nitrogen and oxygen atoms in total. The Balaban J connectivity index is 1.71. The molecule has 1 heterocycles. The van der Waals surface area contributed by atoms with Gasteiger partial charge in [-0.25, -0.2) is 12.8 Å². The van der Waals surface area contributed by atoms with Crippen LogP contribution in [-0.4, -0.2) is 60.4 Å². The quantitative estimate of drug-likeness (QED) is 0.561. The molecule has 3 rings (SSSR count). The van der Waals surface area contributed by atoms with Crippen LogP contribution >= 0.6 is 0 Å². The Morgan fingerprint density at radius 3 is 2.23 bits per heavy atom. The lowest BCUT2D eigenvalue weighted by Crippen LogP contribution is -2.58. The molecule has 2 aromatic carbocycles. The zero-order valence-electron chi connectivity index (χ0n) is 19.6. The maximum atomic E-state index is 13.9. The number of alkyl halides is 3. The number of carbonyl (C=O) groups is 1. The molecule has 0 spiro atoms. The highest BCUT2D eigenvalue weighted by Gasteiger charge is 2.38. The molecule has 0 aliphatic carbocycles. The molecule has 2 unspecified atom stereocenters. The van der Waals surface area contributed by atoms with E-state index in [9.17, 15) is 30.8 Å². The summed E-state index contributed by atoms with van der Waals surface area (Å²) < 4.78 is 80.5. The molecule has 0 amide bonds. The van der Waals surface area contributed by atoms with Gasteiger partial charge >= 0.3 is 12.1 Å². The van der Waals surface area contributed by atoms with Gasteiger partial charge in [0, 0.05) is 31.7 Å². The first kappa shape index (κ1) is 27.1. The van der Waals surface area contributed by atoms with Crippen LogP contribution in [0.1, 0.15) is 36.1 Å². The van der Waals surface area contributed by atoms with Crippen molar-refractivity contribution in [3.8, 4) is 0 Å². The van der Waals surface area contributed by atoms with Crippen molar-refractivity contribution in [2.24, 2.45) is 0 Å². The molecule has 11 heteroatoms. The number of carboxylic acids is 1. The van der Waals surface area contributed by atoms with E-state index in [0.29, 0.717) is 42.7 Å². The summed E-state index contributed by atoms with van der Waals surface area (Å²) in [6.45, 7) is 6.46. The maximum Gasteiger partial charge on any atom is 0.419 e. The molecule has 0 aromatic heterocycles. The fraction of sp³-hybridized carbons (Fsp3) is 0.458. The van der Waals surface area contributed by atoms with Crippen LogP contribution in [0.2, 0.25) is 0 Å². The molecule has 0 bridgehead atoms. The van der Waals surface area contributed by atoms with Crippen LogP contribution in [0.4, 0.5) is 17.6 Å². The van der Waals surface area contributed by atoms with Gasteiger partial charge in [-0.2, -0.15) is 17.5 Å². The van der Waals surface area contributed by atoms with Crippen molar-refractivity contribution in [1.29, 1.82) is 0 Å². The second kappa shape index (κ2) is 10.2. The van der Waals surface area contributed by atoms with Crippen LogP contribution in [-0.2, 0) is 33.8 Å². The molecule has 35 heavy (non-hydrogen) atoms. The third-order valence-electron chi connectivity index (χ3n) is 6.01. The Labute approximate surface area is 202 Å². The highest BCUT2D eigenvalue weighted by atomic mass is 32.2. The first-order valence-electron chi connectivity index (χ1n) is 11.1. The highest BCUT2D eigenvalue weighted by molar-refractivity contribution is 7.89. The standard InChI is InChI=1S/C24H28F4N2O4S/c1-15-8-19(12-23(31)32)10-20(9-15)35(33,34)30-16(2)13-29(14-17(30)3)7-6-18-4-5-21(22(25)11-18)24(26,27)28/h4-5,8-11,16-17H,6-7,12-14H2,1-3H3,(H,31,32). The van der Waals surface area contributed by atoms with Gasteiger partial charge in [-0.05, 0) is 68.1 Å². The van der Waals surface area contributed by atoms with Crippen molar-refractivity contribution in [3.05, 3.63) is 64.5 Å². The highest BCUT2D eigenvalue weighted by Crippen LogP contribution is 2.32. The predicted molar refractivity (Wildman–Crippen MR) is 122 cm³/mol. The summed E-state index contributed by atoms with van der Waals surface area (Å²) in [5, 5.41) is 9.07. The van der Waals surface area contributed by atoms with Crippen LogP contribution in [0, 0.1) is 12.7 Å². The number of aryl methyl sites for hydroxylation is 1. The van der Waals surface area contributed by atoms with Crippen molar-refractivity contribution in [2.75, 3.05) is 19.6 Å². The van der Waals surface area contributed by atoms with Crippen LogP contribution in [0.3, 0.4) is 0 Å². The van der Waals surface area contributed by atoms with Gasteiger partial charge in [0.2, 0.25) is 10.0 Å². The number of nitrogens with zero attached hydrogens (tertiary/aromatic N) is 2. The lowest BCUT2D eigenvalue weighted by molar-refractivity contribution is -0.140. The van der Waals surface area contributed by atoms with Gasteiger partial charge in [0.25, 0.3) is 0 Å². The van der Waals surface area contributed by atoms with Gasteiger partial charge in [0.1, 0.15) is 5.82 Å². The number of halogens is 4. The van der Waals surface area contributed by atoms with E-state index in [4.69, 9.17) is 5.11 Å². The van der Waals surface area contributed by atoms with E-state index < -0.39 is 45.6 Å². The van der Waals surface area contributed by atoms with E-state index >= 15 is 0 Å². The van der Waals surface area contributed by atoms with E-state index in [0.717, 1.165) is 12.1 Å². The zero-order chi connectivity index (χ0) is 26.1. The first-order valence-corrected chi connectivity index (χ1v) is 12.6. The summed E-state index contributed by atoms with van der Waals surface area (Å²) in [5.41, 5.74) is 0.172. The van der Waals surface area contributed by atoms with Crippen LogP contribution in [0.5, 0.6) is 0 Å². The van der Waals surface area contributed by atoms with Crippen molar-refractivity contribution in [2.45, 2.75) is 56.8 Å². The average Bonchev–Trinajstić information content (AvgIpc) is 2.69. The molecule has 2 atom stereocenters. The second-order valence-electron chi connectivity index (χ2n) is 9.08. The molecule has 0 radical (unpaired) electrons. The Hall–Kier alpha value is -2.50. The number of hydrogen-bond acceptors (Lipinski definition) is 4. The molecule has 0 saturated carbocycles. The molecule has 2 aromatic rings. The zero-order valence-corrected chi connectivity index (χ0v) is 20.5. The SMILES string of the molecule is Cc1cc(CC(=O)O)cc(S(=O)(=O)N2C(C)CN(CCc3ccc(C(F)(F)F)c(F)c3)CC2C)c1. The van der Waals surface area contributed by atoms with Crippen molar-refractivity contribution >= 4 is 16.0 Å². The lowest BCUT2D eigenvalue weighted by Gasteiger charge is -2.43. The Morgan fingerprint density at radius 1 is 1.06 bits per heavy atom. The molecule has 1 saturated heterocycles. The maximum absolute atomic E-state index is 13.9. The minimum absolute atomic E-state index is 0.0427. The third-order valence-corrected chi connectivity index (χ3v) is 8.12. The van der Waals surface area contributed by atoms with E-state index in [1.807, 2.05) is 4.90 Å². The second-order valence-corrected chi connectivity index (χ2v) is 10.9. The molecule has 192 valence electrons. The average molecular weight is 517 g/mol. The number of benzene rings is 2. The topological polar surface area (TPSA) is 77.9 Å². The fourth-order valence-electron chi connectivity index (χ4n) is 4.68. The van der Waals surface area contributed by atoms with Crippen LogP contribution in [0.15, 0.2) is 41.3 Å². The smallest absolute Gasteiger partial charge is 0.419 e. The van der Waals surface area contributed by atoms with Gasteiger partial charge in [-0.15, -0.1) is 0 Å². The normalized spacial score (nSPS) is 20.2. The lowest BCUT2D eigenvalue weighted by atomic mass is 10.1. The molecule has 1 aliphatic rings. The summed E-state index contributed by atoms with van der Waals surface area (Å²) in [7, 11) is -3.90. The number of aliphatic carboxylic acids is 1. The van der Waals surface area contributed by atoms with E-state index in [1.54, 1.807) is 26.8 Å². The van der Waals surface area contributed by atoms with E-state index in [-0.39, 0.29) is 11.3 Å². The van der Waals surface area contributed by atoms with Gasteiger partial charge in [0.15, 0.2) is 0 Å². The summed E-state index contributed by atoms with van der Waals surface area (Å²) in [4.78, 5) is 13.1. The minimum Gasteiger partial charge on any atom is -0.481 e. The predicted octanol–water partition coefficient (Wildman–Crippen LogP) is 4.11. The van der Waals surface area contributed by atoms with Crippen molar-refractivity contribution in [1.82, 2.24) is 9.21 Å². The Bertz CT molecular complexity index is 1190. The molecule has 1 N–H and O–H groups in total. The number of rotatable bonds is 7. The van der Waals surface area contributed by atoms with Crippen LogP contribution < -0.4 is 0 Å². The minimum atomic E-state index is -4.75. The van der Waals surface area contributed by atoms with Gasteiger partial charge in [-0.3, -0.25) is 9.69 Å². The first-order chi connectivity index (χ1) is 16.2. The molecule has 1 fully saturated rings. The largest absolute Gasteiger partial charge is 0.481 e. The Morgan fingerprint density at radius 2 is 1.69 bits per heavy atom. The summed E-state index contributed by atoms with van der Waals surface area (Å²) in [6, 6.07) is 6.62. The summed E-state index contributed by atoms with van der Waals surface area (Å²) in [6.07, 6.45) is -4.72. The monoisotopic (exact) mass is 516 g/mol. The summed E-state index contributed by atoms with van der Waals surface area (Å²) >= 11 is 0. The van der Waals surface area contributed by atoms with Gasteiger partial charge < -0.3 is 5.11 Å². The van der Waals surface area contributed by atoms with Gasteiger partial charge in [0.05, 0.1) is 16.9 Å². The fourth-order valence-corrected chi connectivity index (χ4v) is 6.64. The molecular weight excluding hydrogens is 488 g/mol. The number of hydrogen-bond donors (Lipinski definition) is 1. The number of piperazine rings is 1. The Kier molecular flexibility index (Phi) is 7.93. The van der Waals surface area contributed by atoms with Crippen LogP contribution in [0.25, 0.3) is 0 Å². The number of sulfonamides is 1. The summed E-state index contributed by atoms with van der Waals surface area (Å²) in [5.74, 6) is -2.37. The van der Waals surface area contributed by atoms with Crippen molar-refractivity contribution in [3.63, 3.8) is 0 Å². The van der Waals surface area contributed by atoms with E-state index in [1.165, 1.54) is 22.5 Å². The van der Waals surface area contributed by atoms with Gasteiger partial charge in [-0.1, -0.05) is 12.1 Å². The number of carboxylic acid groups (broad SMARTS) is 1. The molecule has 1 aliphatic heterocycles. The molecular formula is C24H28F4N2O4S. The van der Waals surface area contributed by atoms with Crippen molar-refractivity contribution < 1.29 is 35.9 Å². The van der Waals surface area contributed by atoms with E-state index in [2.05, 4.69) is 0 Å². The third kappa shape index (κ3) is 6.39.